The van der Waals surface area contributed by atoms with Crippen LogP contribution in [0.3, 0.4) is 0 Å². The fourth-order valence-corrected chi connectivity index (χ4v) is 2.36. The molecule has 1 heterocycles. The second-order valence-corrected chi connectivity index (χ2v) is 7.24. The Morgan fingerprint density at radius 1 is 1.47 bits per heavy atom. The summed E-state index contributed by atoms with van der Waals surface area (Å²) in [6.07, 6.45) is 2.26. The minimum Gasteiger partial charge on any atom is -0.480 e. The van der Waals surface area contributed by atoms with Crippen LogP contribution < -0.4 is 5.56 Å². The molecule has 1 atom stereocenters. The van der Waals surface area contributed by atoms with Crippen LogP contribution in [0.25, 0.3) is 0 Å². The molecule has 1 unspecified atom stereocenters. The van der Waals surface area contributed by atoms with Gasteiger partial charge < -0.3 is 9.67 Å². The third kappa shape index (κ3) is 3.23. The Hall–Kier alpha value is -1.63. The third-order valence-corrected chi connectivity index (χ3v) is 5.27. The van der Waals surface area contributed by atoms with Gasteiger partial charge in [-0.3, -0.25) is 9.59 Å². The predicted molar refractivity (Wildman–Crippen MR) is 70.9 cm³/mol. The maximum Gasteiger partial charge on any atom is 0.324 e. The van der Waals surface area contributed by atoms with Crippen LogP contribution in [-0.4, -0.2) is 35.1 Å². The Labute approximate surface area is 111 Å². The number of hydrogen-bond acceptors (Lipinski definition) is 4. The maximum absolute atomic E-state index is 11.6. The molecule has 6 nitrogen and oxygen atoms in total. The number of carboxylic acids is 1. The first-order valence-corrected chi connectivity index (χ1v) is 7.57. The van der Waals surface area contributed by atoms with E-state index in [4.69, 9.17) is 5.11 Å². The van der Waals surface area contributed by atoms with E-state index in [0.29, 0.717) is 0 Å². The number of aromatic nitrogens is 1. The van der Waals surface area contributed by atoms with Crippen LogP contribution in [-0.2, 0) is 21.2 Å². The van der Waals surface area contributed by atoms with Gasteiger partial charge in [-0.2, -0.15) is 0 Å². The number of carboxylic acid groups (broad SMARTS) is 1. The minimum absolute atomic E-state index is 0.0367. The molecule has 0 aliphatic heterocycles. The molecule has 0 radical (unpaired) electrons. The summed E-state index contributed by atoms with van der Waals surface area (Å²) in [5, 5.41) is 9.09. The van der Waals surface area contributed by atoms with E-state index in [9.17, 15) is 18.0 Å². The predicted octanol–water partition coefficient (Wildman–Crippen LogP) is 0.435. The van der Waals surface area contributed by atoms with Crippen molar-refractivity contribution < 1.29 is 18.3 Å². The van der Waals surface area contributed by atoms with Crippen LogP contribution in [0.4, 0.5) is 0 Å². The molecule has 0 saturated carbocycles. The van der Waals surface area contributed by atoms with E-state index in [0.717, 1.165) is 18.7 Å². The van der Waals surface area contributed by atoms with Crippen LogP contribution in [0.1, 0.15) is 18.9 Å². The van der Waals surface area contributed by atoms with Gasteiger partial charge >= 0.3 is 5.97 Å². The molecule has 0 aliphatic rings. The Morgan fingerprint density at radius 3 is 2.47 bits per heavy atom. The average Bonchev–Trinajstić information content (AvgIpc) is 2.25. The molecular formula is C12H17NO5S. The molecule has 0 fully saturated rings. The number of pyridine rings is 1. The fourth-order valence-electron chi connectivity index (χ4n) is 1.58. The van der Waals surface area contributed by atoms with Crippen molar-refractivity contribution in [3.05, 3.63) is 34.2 Å². The van der Waals surface area contributed by atoms with Crippen LogP contribution in [0.5, 0.6) is 0 Å². The van der Waals surface area contributed by atoms with Crippen LogP contribution in [0.2, 0.25) is 0 Å². The summed E-state index contributed by atoms with van der Waals surface area (Å²) in [5.41, 5.74) is 0.520. The standard InChI is InChI=1S/C12H17NO5S/c1-9-4-6-13(10(14)8-9)7-5-12(2,11(15)16)19(3,17)18/h4,6,8H,5,7H2,1-3H3,(H,15,16). The second-order valence-electron chi connectivity index (χ2n) is 4.79. The summed E-state index contributed by atoms with van der Waals surface area (Å²) >= 11 is 0. The van der Waals surface area contributed by atoms with Crippen LogP contribution in [0.15, 0.2) is 23.1 Å². The molecule has 0 saturated heterocycles. The summed E-state index contributed by atoms with van der Waals surface area (Å²) in [6, 6.07) is 3.12. The summed E-state index contributed by atoms with van der Waals surface area (Å²) in [5.74, 6) is -1.41. The lowest BCUT2D eigenvalue weighted by Gasteiger charge is -2.22. The number of carbonyl (C=O) groups is 1. The van der Waals surface area contributed by atoms with Gasteiger partial charge in [0.1, 0.15) is 0 Å². The molecule has 0 aliphatic carbocycles. The van der Waals surface area contributed by atoms with Gasteiger partial charge in [0.15, 0.2) is 14.6 Å². The molecule has 19 heavy (non-hydrogen) atoms. The van der Waals surface area contributed by atoms with Gasteiger partial charge in [-0.15, -0.1) is 0 Å². The van der Waals surface area contributed by atoms with Gasteiger partial charge in [-0.05, 0) is 31.9 Å². The van der Waals surface area contributed by atoms with Gasteiger partial charge in [-0.1, -0.05) is 0 Å². The highest BCUT2D eigenvalue weighted by Crippen LogP contribution is 2.21. The van der Waals surface area contributed by atoms with E-state index >= 15 is 0 Å². The molecule has 1 aromatic rings. The molecule has 7 heteroatoms. The highest BCUT2D eigenvalue weighted by atomic mass is 32.2. The minimum atomic E-state index is -3.77. The molecule has 106 valence electrons. The molecule has 1 aromatic heterocycles. The highest BCUT2D eigenvalue weighted by molar-refractivity contribution is 7.92. The first-order chi connectivity index (χ1) is 8.58. The van der Waals surface area contributed by atoms with E-state index in [1.54, 1.807) is 13.0 Å². The zero-order chi connectivity index (χ0) is 14.8. The molecule has 0 spiro atoms. The zero-order valence-electron chi connectivity index (χ0n) is 11.1. The Bertz CT molecular complexity index is 646. The SMILES string of the molecule is Cc1ccn(CCC(C)(C(=O)O)S(C)(=O)=O)c(=O)c1. The Morgan fingerprint density at radius 2 is 2.05 bits per heavy atom. The van der Waals surface area contributed by atoms with E-state index in [1.807, 2.05) is 0 Å². The number of rotatable bonds is 5. The summed E-state index contributed by atoms with van der Waals surface area (Å²) in [4.78, 5) is 22.8. The molecule has 1 N–H and O–H groups in total. The van der Waals surface area contributed by atoms with E-state index in [-0.39, 0.29) is 18.5 Å². The van der Waals surface area contributed by atoms with Crippen LogP contribution in [0, 0.1) is 6.92 Å². The number of aryl methyl sites for hydroxylation is 2. The molecule has 0 amide bonds. The van der Waals surface area contributed by atoms with E-state index in [2.05, 4.69) is 0 Å². The van der Waals surface area contributed by atoms with Gasteiger partial charge in [0.05, 0.1) is 0 Å². The number of nitrogens with zero attached hydrogens (tertiary/aromatic N) is 1. The monoisotopic (exact) mass is 287 g/mol. The van der Waals surface area contributed by atoms with E-state index in [1.165, 1.54) is 16.8 Å². The van der Waals surface area contributed by atoms with Crippen molar-refractivity contribution in [2.24, 2.45) is 0 Å². The van der Waals surface area contributed by atoms with Crippen molar-refractivity contribution in [1.82, 2.24) is 4.57 Å². The smallest absolute Gasteiger partial charge is 0.324 e. The lowest BCUT2D eigenvalue weighted by atomic mass is 10.1. The molecule has 0 bridgehead atoms. The van der Waals surface area contributed by atoms with Crippen molar-refractivity contribution in [3.63, 3.8) is 0 Å². The number of sulfone groups is 1. The first kappa shape index (κ1) is 15.4. The normalized spacial score (nSPS) is 14.9. The van der Waals surface area contributed by atoms with Gasteiger partial charge in [-0.25, -0.2) is 8.42 Å². The maximum atomic E-state index is 11.6. The second kappa shape index (κ2) is 5.16. The summed E-state index contributed by atoms with van der Waals surface area (Å²) in [6.45, 7) is 2.96. The largest absolute Gasteiger partial charge is 0.480 e. The molecular weight excluding hydrogens is 270 g/mol. The fraction of sp³-hybridized carbons (Fsp3) is 0.500. The number of aliphatic carboxylic acids is 1. The van der Waals surface area contributed by atoms with E-state index < -0.39 is 20.6 Å². The highest BCUT2D eigenvalue weighted by Gasteiger charge is 2.43. The first-order valence-electron chi connectivity index (χ1n) is 5.68. The lowest BCUT2D eigenvalue weighted by Crippen LogP contribution is -2.44. The molecule has 1 rings (SSSR count). The quantitative estimate of drug-likeness (QED) is 0.848. The van der Waals surface area contributed by atoms with Gasteiger partial charge in [0.25, 0.3) is 5.56 Å². The topological polar surface area (TPSA) is 93.4 Å². The van der Waals surface area contributed by atoms with Crippen molar-refractivity contribution in [3.8, 4) is 0 Å². The zero-order valence-corrected chi connectivity index (χ0v) is 11.9. The van der Waals surface area contributed by atoms with Gasteiger partial charge in [0.2, 0.25) is 0 Å². The van der Waals surface area contributed by atoms with Crippen molar-refractivity contribution in [1.29, 1.82) is 0 Å². The van der Waals surface area contributed by atoms with Crippen molar-refractivity contribution in [2.75, 3.05) is 6.26 Å². The Kier molecular flexibility index (Phi) is 4.19. The molecule has 0 aromatic carbocycles. The third-order valence-electron chi connectivity index (χ3n) is 3.25. The summed E-state index contributed by atoms with van der Waals surface area (Å²) in [7, 11) is -3.77. The van der Waals surface area contributed by atoms with Crippen molar-refractivity contribution >= 4 is 15.8 Å². The lowest BCUT2D eigenvalue weighted by molar-refractivity contribution is -0.139. The van der Waals surface area contributed by atoms with Crippen molar-refractivity contribution in [2.45, 2.75) is 31.6 Å². The average molecular weight is 287 g/mol. The van der Waals surface area contributed by atoms with Crippen LogP contribution >= 0.6 is 0 Å². The summed E-state index contributed by atoms with van der Waals surface area (Å²) < 4.78 is 22.6. The Balaban J connectivity index is 3.02. The number of hydrogen-bond donors (Lipinski definition) is 1. The van der Waals surface area contributed by atoms with Gasteiger partial charge in [0, 0.05) is 25.1 Å².